The summed E-state index contributed by atoms with van der Waals surface area (Å²) in [5.74, 6) is -3.48. The minimum Gasteiger partial charge on any atom is -0.460 e. The lowest BCUT2D eigenvalue weighted by atomic mass is 9.64. The molecule has 0 radical (unpaired) electrons. The molecule has 0 aliphatic carbocycles. The first kappa shape index (κ1) is 28.7. The second-order valence-electron chi connectivity index (χ2n) is 13.1. The van der Waals surface area contributed by atoms with Crippen molar-refractivity contribution in [2.45, 2.75) is 77.5 Å². The molecule has 2 aromatic carbocycles. The number of ether oxygens (including phenoxy) is 2. The van der Waals surface area contributed by atoms with Crippen LogP contribution in [0.4, 0.5) is 16.2 Å². The van der Waals surface area contributed by atoms with E-state index in [1.807, 2.05) is 26.0 Å². The Morgan fingerprint density at radius 3 is 1.95 bits per heavy atom. The number of imide groups is 1. The van der Waals surface area contributed by atoms with Crippen LogP contribution in [0.25, 0.3) is 0 Å². The monoisotopic (exact) mass is 577 g/mol. The van der Waals surface area contributed by atoms with E-state index in [2.05, 4.69) is 5.32 Å². The van der Waals surface area contributed by atoms with E-state index in [-0.39, 0.29) is 10.7 Å². The summed E-state index contributed by atoms with van der Waals surface area (Å²) in [6, 6.07) is 10.6. The van der Waals surface area contributed by atoms with E-state index in [4.69, 9.17) is 21.7 Å². The van der Waals surface area contributed by atoms with E-state index in [0.29, 0.717) is 16.8 Å². The number of aryl methyl sites for hydroxylation is 2. The van der Waals surface area contributed by atoms with Gasteiger partial charge in [0.2, 0.25) is 0 Å². The SMILES string of the molecule is Cc1ccc2c(c1)[C@@]1(C(=O)N2C(=O)OC(C)(C)C)C(=S)N[C@]2(C(=O)N(C)c3ccc(C)cc32)[C@H]1C(=O)OC(C)(C)C. The third kappa shape index (κ3) is 3.98. The fourth-order valence-corrected chi connectivity index (χ4v) is 6.69. The lowest BCUT2D eigenvalue weighted by molar-refractivity contribution is -0.167. The molecule has 1 saturated heterocycles. The minimum atomic E-state index is -1.92. The number of nitrogens with one attached hydrogen (secondary N) is 1. The van der Waals surface area contributed by atoms with E-state index in [9.17, 15) is 19.2 Å². The van der Waals surface area contributed by atoms with Gasteiger partial charge in [0.15, 0.2) is 5.54 Å². The van der Waals surface area contributed by atoms with Gasteiger partial charge in [0.1, 0.15) is 22.5 Å². The van der Waals surface area contributed by atoms with E-state index in [1.165, 1.54) is 4.90 Å². The highest BCUT2D eigenvalue weighted by atomic mass is 32.1. The smallest absolute Gasteiger partial charge is 0.421 e. The van der Waals surface area contributed by atoms with Crippen LogP contribution in [0.1, 0.15) is 63.8 Å². The van der Waals surface area contributed by atoms with Gasteiger partial charge < -0.3 is 19.7 Å². The third-order valence-electron chi connectivity index (χ3n) is 7.69. The lowest BCUT2D eigenvalue weighted by Gasteiger charge is -2.36. The average molecular weight is 578 g/mol. The number of hydrogen-bond acceptors (Lipinski definition) is 7. The van der Waals surface area contributed by atoms with E-state index >= 15 is 0 Å². The number of fused-ring (bicyclic) bond motifs is 4. The minimum absolute atomic E-state index is 0.0348. The highest BCUT2D eigenvalue weighted by Crippen LogP contribution is 2.60. The average Bonchev–Trinajstić information content (AvgIpc) is 3.33. The number of hydrogen-bond donors (Lipinski definition) is 1. The number of carbonyl (C=O) groups is 4. The molecular formula is C31H35N3O6S. The maximum Gasteiger partial charge on any atom is 0.421 e. The van der Waals surface area contributed by atoms with Crippen LogP contribution in [0.2, 0.25) is 0 Å². The highest BCUT2D eigenvalue weighted by Gasteiger charge is 2.77. The summed E-state index contributed by atoms with van der Waals surface area (Å²) in [6.07, 6.45) is -0.901. The molecule has 1 N–H and O–H groups in total. The molecule has 10 heteroatoms. The maximum atomic E-state index is 14.8. The molecule has 1 fully saturated rings. The van der Waals surface area contributed by atoms with Crippen molar-refractivity contribution in [3.8, 4) is 0 Å². The fourth-order valence-electron chi connectivity index (χ4n) is 6.22. The predicted molar refractivity (Wildman–Crippen MR) is 158 cm³/mol. The van der Waals surface area contributed by atoms with E-state index < -0.39 is 52.0 Å². The van der Waals surface area contributed by atoms with Crippen LogP contribution in [0, 0.1) is 19.8 Å². The number of esters is 1. The summed E-state index contributed by atoms with van der Waals surface area (Å²) in [6.45, 7) is 14.0. The zero-order chi connectivity index (χ0) is 30.4. The Balaban J connectivity index is 1.85. The molecule has 2 spiro atoms. The van der Waals surface area contributed by atoms with Crippen LogP contribution >= 0.6 is 12.2 Å². The first-order chi connectivity index (χ1) is 18.9. The van der Waals surface area contributed by atoms with Gasteiger partial charge in [-0.05, 0) is 67.5 Å². The normalized spacial score (nSPS) is 25.1. The van der Waals surface area contributed by atoms with Crippen LogP contribution < -0.4 is 15.1 Å². The fraction of sp³-hybridized carbons (Fsp3) is 0.452. The number of benzene rings is 2. The van der Waals surface area contributed by atoms with Crippen LogP contribution in [0.3, 0.4) is 0 Å². The van der Waals surface area contributed by atoms with Crippen molar-refractivity contribution >= 4 is 52.5 Å². The van der Waals surface area contributed by atoms with Gasteiger partial charge in [-0.2, -0.15) is 0 Å². The van der Waals surface area contributed by atoms with Crippen molar-refractivity contribution in [2.75, 3.05) is 16.8 Å². The number of amides is 3. The molecule has 41 heavy (non-hydrogen) atoms. The summed E-state index contributed by atoms with van der Waals surface area (Å²) in [4.78, 5) is 59.5. The largest absolute Gasteiger partial charge is 0.460 e. The van der Waals surface area contributed by atoms with Crippen molar-refractivity contribution in [1.82, 2.24) is 5.32 Å². The standard InChI is InChI=1S/C31H35N3O6S/c1-16-11-13-21-18(14-16)30(25(36)34(21)27(38)40-29(6,7)8)22(23(35)39-28(3,4)5)31(32-24(30)41)19-15-17(2)10-12-20(19)33(9)26(31)37/h10-15,22H,1-9H3,(H,32,41)/t22-,30-,31-/m0/s1. The summed E-state index contributed by atoms with van der Waals surface area (Å²) < 4.78 is 11.6. The van der Waals surface area contributed by atoms with Crippen molar-refractivity contribution in [2.24, 2.45) is 5.92 Å². The second-order valence-corrected chi connectivity index (χ2v) is 13.5. The summed E-state index contributed by atoms with van der Waals surface area (Å²) >= 11 is 5.95. The molecule has 3 atom stereocenters. The van der Waals surface area contributed by atoms with Gasteiger partial charge in [-0.25, -0.2) is 9.69 Å². The molecule has 3 aliphatic heterocycles. The Labute approximate surface area is 245 Å². The summed E-state index contributed by atoms with van der Waals surface area (Å²) in [7, 11) is 1.62. The van der Waals surface area contributed by atoms with Gasteiger partial charge >= 0.3 is 12.1 Å². The van der Waals surface area contributed by atoms with Gasteiger partial charge in [0.05, 0.1) is 10.7 Å². The number of nitrogens with zero attached hydrogens (tertiary/aromatic N) is 2. The van der Waals surface area contributed by atoms with Crippen molar-refractivity contribution in [1.29, 1.82) is 0 Å². The van der Waals surface area contributed by atoms with Gasteiger partial charge in [-0.1, -0.05) is 47.6 Å². The number of rotatable bonds is 1. The molecule has 2 aromatic rings. The Bertz CT molecular complexity index is 1550. The zero-order valence-electron chi connectivity index (χ0n) is 24.8. The Hall–Kier alpha value is -3.79. The van der Waals surface area contributed by atoms with E-state index in [1.54, 1.807) is 72.9 Å². The molecule has 0 unspecified atom stereocenters. The molecule has 0 aromatic heterocycles. The van der Waals surface area contributed by atoms with E-state index in [0.717, 1.165) is 16.0 Å². The molecule has 3 aliphatic rings. The van der Waals surface area contributed by atoms with Gasteiger partial charge in [-0.3, -0.25) is 14.4 Å². The van der Waals surface area contributed by atoms with Gasteiger partial charge in [0.25, 0.3) is 11.8 Å². The van der Waals surface area contributed by atoms with Crippen molar-refractivity contribution in [3.63, 3.8) is 0 Å². The van der Waals surface area contributed by atoms with Crippen LogP contribution in [0.15, 0.2) is 36.4 Å². The summed E-state index contributed by atoms with van der Waals surface area (Å²) in [5.41, 5.74) is -2.21. The highest BCUT2D eigenvalue weighted by molar-refractivity contribution is 7.80. The third-order valence-corrected chi connectivity index (χ3v) is 8.12. The maximum absolute atomic E-state index is 14.8. The summed E-state index contributed by atoms with van der Waals surface area (Å²) in [5, 5.41) is 3.18. The van der Waals surface area contributed by atoms with Crippen LogP contribution in [0.5, 0.6) is 0 Å². The van der Waals surface area contributed by atoms with Crippen molar-refractivity contribution < 1.29 is 28.7 Å². The first-order valence-electron chi connectivity index (χ1n) is 13.5. The zero-order valence-corrected chi connectivity index (χ0v) is 25.6. The second kappa shape index (κ2) is 8.85. The number of thiocarbonyl (C=S) groups is 1. The predicted octanol–water partition coefficient (Wildman–Crippen LogP) is 4.58. The lowest BCUT2D eigenvalue weighted by Crippen LogP contribution is -2.58. The van der Waals surface area contributed by atoms with Gasteiger partial charge in [0, 0.05) is 23.9 Å². The first-order valence-corrected chi connectivity index (χ1v) is 13.9. The number of likely N-dealkylation sites (N-methyl/N-ethyl adjacent to an activating group) is 1. The molecule has 216 valence electrons. The number of anilines is 2. The molecule has 3 heterocycles. The molecule has 0 saturated carbocycles. The Kier molecular flexibility index (Phi) is 6.20. The molecule has 0 bridgehead atoms. The topological polar surface area (TPSA) is 105 Å². The molecule has 5 rings (SSSR count). The Morgan fingerprint density at radius 1 is 0.854 bits per heavy atom. The van der Waals surface area contributed by atoms with Crippen molar-refractivity contribution in [3.05, 3.63) is 58.7 Å². The molecule has 9 nitrogen and oxygen atoms in total. The molecule has 3 amide bonds. The van der Waals surface area contributed by atoms with Crippen LogP contribution in [-0.4, -0.2) is 47.1 Å². The van der Waals surface area contributed by atoms with Gasteiger partial charge in [-0.15, -0.1) is 0 Å². The number of carbonyl (C=O) groups excluding carboxylic acids is 4. The Morgan fingerprint density at radius 2 is 1.39 bits per heavy atom. The quantitative estimate of drug-likeness (QED) is 0.388. The van der Waals surface area contributed by atoms with Crippen LogP contribution in [-0.2, 0) is 34.8 Å². The molecular weight excluding hydrogens is 542 g/mol.